The number of thiophene rings is 1. The Bertz CT molecular complexity index is 1400. The van der Waals surface area contributed by atoms with Crippen molar-refractivity contribution < 1.29 is 32.2 Å². The number of nitrogens with zero attached hydrogens (tertiary/aromatic N) is 2. The molecule has 4 rings (SSSR count). The van der Waals surface area contributed by atoms with Gasteiger partial charge in [-0.15, -0.1) is 11.3 Å². The molecule has 43 heavy (non-hydrogen) atoms. The molecule has 11 heteroatoms. The molecule has 2 aliphatic carbocycles. The second-order valence-electron chi connectivity index (χ2n) is 12.4. The van der Waals surface area contributed by atoms with Crippen LogP contribution in [0.1, 0.15) is 54.8 Å². The summed E-state index contributed by atoms with van der Waals surface area (Å²) >= 11 is 1.62. The van der Waals surface area contributed by atoms with Crippen molar-refractivity contribution in [3.05, 3.63) is 45.6 Å². The smallest absolute Gasteiger partial charge is 0.238 e. The lowest BCUT2D eigenvalue weighted by atomic mass is 9.70. The van der Waals surface area contributed by atoms with Crippen LogP contribution in [0.5, 0.6) is 11.5 Å². The number of fused-ring (bicyclic) bond motifs is 2. The first kappa shape index (κ1) is 33.4. The van der Waals surface area contributed by atoms with E-state index in [1.807, 2.05) is 51.1 Å². The largest absolute Gasteiger partial charge is 0.493 e. The lowest BCUT2D eigenvalue weighted by molar-refractivity contribution is -0.132. The van der Waals surface area contributed by atoms with Gasteiger partial charge in [-0.25, -0.2) is 8.42 Å². The number of benzene rings is 1. The molecule has 1 heterocycles. The summed E-state index contributed by atoms with van der Waals surface area (Å²) in [6, 6.07) is 9.70. The zero-order valence-corrected chi connectivity index (χ0v) is 27.9. The van der Waals surface area contributed by atoms with Crippen LogP contribution < -0.4 is 9.47 Å². The van der Waals surface area contributed by atoms with E-state index in [9.17, 15) is 18.0 Å². The zero-order valence-electron chi connectivity index (χ0n) is 26.3. The molecule has 2 unspecified atom stereocenters. The van der Waals surface area contributed by atoms with Gasteiger partial charge >= 0.3 is 0 Å². The fourth-order valence-electron chi connectivity index (χ4n) is 6.81. The average molecular weight is 635 g/mol. The molecule has 1 aromatic carbocycles. The molecule has 1 aromatic heterocycles. The van der Waals surface area contributed by atoms with E-state index in [2.05, 4.69) is 0 Å². The first-order valence-electron chi connectivity index (χ1n) is 14.9. The Morgan fingerprint density at radius 3 is 2.40 bits per heavy atom. The molecule has 2 aliphatic rings. The van der Waals surface area contributed by atoms with E-state index in [0.29, 0.717) is 56.9 Å². The van der Waals surface area contributed by atoms with Crippen LogP contribution in [0.2, 0.25) is 0 Å². The van der Waals surface area contributed by atoms with Crippen molar-refractivity contribution in [1.29, 1.82) is 0 Å². The number of amides is 1. The Balaban J connectivity index is 1.56. The number of aryl methyl sites for hydroxylation is 1. The molecule has 0 aliphatic heterocycles. The predicted molar refractivity (Wildman–Crippen MR) is 168 cm³/mol. The molecule has 0 spiro atoms. The third-order valence-electron chi connectivity index (χ3n) is 9.64. The SMILES string of the molecule is COCCCN(CC(=O)N(CCc1ccc(OC)c(OC)c1)Cc1ccc(C)s1)S(=O)(=O)CC12CCC(CC1=O)C2(C)C. The van der Waals surface area contributed by atoms with Crippen molar-refractivity contribution in [2.24, 2.45) is 16.7 Å². The van der Waals surface area contributed by atoms with Crippen LogP contribution in [0.25, 0.3) is 0 Å². The molecule has 238 valence electrons. The Kier molecular flexibility index (Phi) is 10.6. The van der Waals surface area contributed by atoms with Gasteiger partial charge in [0, 0.05) is 48.4 Å². The van der Waals surface area contributed by atoms with Crippen LogP contribution >= 0.6 is 11.3 Å². The summed E-state index contributed by atoms with van der Waals surface area (Å²) in [4.78, 5) is 31.0. The van der Waals surface area contributed by atoms with E-state index in [1.165, 1.54) is 4.31 Å². The van der Waals surface area contributed by atoms with E-state index >= 15 is 0 Å². The molecule has 2 atom stereocenters. The Hall–Kier alpha value is -2.47. The monoisotopic (exact) mass is 634 g/mol. The summed E-state index contributed by atoms with van der Waals surface area (Å²) in [5.41, 5.74) is -0.318. The zero-order chi connectivity index (χ0) is 31.4. The summed E-state index contributed by atoms with van der Waals surface area (Å²) in [5, 5.41) is 0. The first-order valence-corrected chi connectivity index (χ1v) is 17.3. The number of ether oxygens (including phenoxy) is 3. The average Bonchev–Trinajstić information content (AvgIpc) is 3.54. The Morgan fingerprint density at radius 2 is 1.81 bits per heavy atom. The minimum absolute atomic E-state index is 0.0464. The molecule has 0 radical (unpaired) electrons. The minimum Gasteiger partial charge on any atom is -0.493 e. The van der Waals surface area contributed by atoms with Crippen LogP contribution in [-0.4, -0.2) is 82.6 Å². The Morgan fingerprint density at radius 1 is 1.07 bits per heavy atom. The third-order valence-corrected chi connectivity index (χ3v) is 12.6. The number of hydrogen-bond donors (Lipinski definition) is 0. The number of Topliss-reactive ketones (excluding diaryl/α,β-unsaturated/α-hetero) is 1. The van der Waals surface area contributed by atoms with Gasteiger partial charge in [0.05, 0.1) is 33.1 Å². The topological polar surface area (TPSA) is 102 Å². The number of carbonyl (C=O) groups excluding carboxylic acids is 2. The summed E-state index contributed by atoms with van der Waals surface area (Å²) in [6.45, 7) is 7.10. The number of hydrogen-bond acceptors (Lipinski definition) is 8. The quantitative estimate of drug-likeness (QED) is 0.247. The number of methoxy groups -OCH3 is 3. The molecule has 2 fully saturated rings. The summed E-state index contributed by atoms with van der Waals surface area (Å²) in [5.74, 6) is 0.969. The van der Waals surface area contributed by atoms with Gasteiger partial charge in [0.15, 0.2) is 11.5 Å². The second kappa shape index (κ2) is 13.7. The van der Waals surface area contributed by atoms with E-state index in [4.69, 9.17) is 14.2 Å². The van der Waals surface area contributed by atoms with E-state index in [0.717, 1.165) is 21.7 Å². The van der Waals surface area contributed by atoms with Crippen molar-refractivity contribution >= 4 is 33.1 Å². The first-order chi connectivity index (χ1) is 20.4. The molecule has 2 bridgehead atoms. The normalized spacial score (nSPS) is 21.0. The fraction of sp³-hybridized carbons (Fsp3) is 0.625. The molecular formula is C32H46N2O7S2. The highest BCUT2D eigenvalue weighted by Crippen LogP contribution is 2.64. The fourth-order valence-corrected chi connectivity index (χ4v) is 9.92. The highest BCUT2D eigenvalue weighted by molar-refractivity contribution is 7.89. The van der Waals surface area contributed by atoms with Crippen molar-refractivity contribution in [3.63, 3.8) is 0 Å². The number of ketones is 1. The van der Waals surface area contributed by atoms with Gasteiger partial charge in [0.1, 0.15) is 5.78 Å². The predicted octanol–water partition coefficient (Wildman–Crippen LogP) is 4.71. The third kappa shape index (κ3) is 7.10. The van der Waals surface area contributed by atoms with Crippen LogP contribution in [0, 0.1) is 23.7 Å². The van der Waals surface area contributed by atoms with Crippen molar-refractivity contribution in [2.45, 2.75) is 59.4 Å². The van der Waals surface area contributed by atoms with Crippen molar-refractivity contribution in [2.75, 3.05) is 53.3 Å². The maximum atomic E-state index is 14.1. The lowest BCUT2D eigenvalue weighted by Gasteiger charge is -2.38. The van der Waals surface area contributed by atoms with Crippen LogP contribution in [0.15, 0.2) is 30.3 Å². The van der Waals surface area contributed by atoms with Gasteiger partial charge in [0.25, 0.3) is 0 Å². The van der Waals surface area contributed by atoms with Gasteiger partial charge in [-0.2, -0.15) is 4.31 Å². The number of carbonyl (C=O) groups is 2. The van der Waals surface area contributed by atoms with Crippen molar-refractivity contribution in [3.8, 4) is 11.5 Å². The number of sulfonamides is 1. The van der Waals surface area contributed by atoms with Gasteiger partial charge in [-0.05, 0) is 73.8 Å². The summed E-state index contributed by atoms with van der Waals surface area (Å²) < 4.78 is 45.4. The molecule has 0 saturated heterocycles. The number of rotatable bonds is 16. The molecule has 2 saturated carbocycles. The minimum atomic E-state index is -3.93. The van der Waals surface area contributed by atoms with Crippen LogP contribution in [0.4, 0.5) is 0 Å². The molecule has 2 aromatic rings. The van der Waals surface area contributed by atoms with Gasteiger partial charge < -0.3 is 19.1 Å². The van der Waals surface area contributed by atoms with Gasteiger partial charge in [-0.3, -0.25) is 9.59 Å². The summed E-state index contributed by atoms with van der Waals surface area (Å²) in [6.07, 6.45) is 2.89. The molecule has 0 N–H and O–H groups in total. The molecule has 1 amide bonds. The van der Waals surface area contributed by atoms with E-state index in [-0.39, 0.29) is 41.9 Å². The second-order valence-corrected chi connectivity index (χ2v) is 15.7. The Labute approximate surface area is 260 Å². The highest BCUT2D eigenvalue weighted by atomic mass is 32.2. The van der Waals surface area contributed by atoms with Gasteiger partial charge in [0.2, 0.25) is 15.9 Å². The van der Waals surface area contributed by atoms with E-state index < -0.39 is 15.4 Å². The van der Waals surface area contributed by atoms with Gasteiger partial charge in [-0.1, -0.05) is 19.9 Å². The lowest BCUT2D eigenvalue weighted by Crippen LogP contribution is -2.49. The standard InChI is InChI=1S/C32H46N2O7S2/c1-23-8-10-26(42-23)20-33(16-13-24-9-11-27(40-5)28(18-24)41-6)30(36)21-34(15-7-17-39-4)43(37,38)22-32-14-12-25(19-29(32)35)31(32,2)3/h8-11,18,25H,7,12-17,19-22H2,1-6H3. The van der Waals surface area contributed by atoms with Crippen LogP contribution in [0.3, 0.4) is 0 Å². The summed E-state index contributed by atoms with van der Waals surface area (Å²) in [7, 11) is 0.805. The molecule has 9 nitrogen and oxygen atoms in total. The van der Waals surface area contributed by atoms with E-state index in [1.54, 1.807) is 37.6 Å². The maximum Gasteiger partial charge on any atom is 0.238 e. The van der Waals surface area contributed by atoms with Crippen LogP contribution in [-0.2, 0) is 37.3 Å². The van der Waals surface area contributed by atoms with Crippen molar-refractivity contribution in [1.82, 2.24) is 9.21 Å². The maximum absolute atomic E-state index is 14.1. The highest BCUT2D eigenvalue weighted by Gasteiger charge is 2.65. The molecular weight excluding hydrogens is 588 g/mol.